The van der Waals surface area contributed by atoms with Crippen LogP contribution in [0.3, 0.4) is 0 Å². The lowest BCUT2D eigenvalue weighted by atomic mass is 9.94. The van der Waals surface area contributed by atoms with Crippen LogP contribution in [-0.4, -0.2) is 0 Å². The summed E-state index contributed by atoms with van der Waals surface area (Å²) in [4.78, 5) is 0. The maximum Gasteiger partial charge on any atom is -0.00887 e. The Labute approximate surface area is 135 Å². The van der Waals surface area contributed by atoms with E-state index in [9.17, 15) is 0 Å². The molecule has 0 N–H and O–H groups in total. The van der Waals surface area contributed by atoms with E-state index in [0.29, 0.717) is 0 Å². The van der Waals surface area contributed by atoms with Gasteiger partial charge in [-0.15, -0.1) is 0 Å². The summed E-state index contributed by atoms with van der Waals surface area (Å²) in [6.45, 7) is 10.9. The number of hydrogen-bond acceptors (Lipinski definition) is 0. The van der Waals surface area contributed by atoms with Crippen molar-refractivity contribution in [2.75, 3.05) is 0 Å². The predicted octanol–water partition coefficient (Wildman–Crippen LogP) is 6.51. The molecule has 0 aliphatic heterocycles. The topological polar surface area (TPSA) is 0 Å². The van der Waals surface area contributed by atoms with Gasteiger partial charge in [0.25, 0.3) is 0 Å². The highest BCUT2D eigenvalue weighted by molar-refractivity contribution is 5.73. The highest BCUT2D eigenvalue weighted by atomic mass is 14.1. The summed E-state index contributed by atoms with van der Waals surface area (Å²) >= 11 is 0. The molecule has 0 saturated carbocycles. The predicted molar refractivity (Wildman–Crippen MR) is 99.0 cm³/mol. The van der Waals surface area contributed by atoms with Crippen LogP contribution in [0, 0.1) is 20.8 Å². The number of aryl methyl sites for hydroxylation is 3. The van der Waals surface area contributed by atoms with Gasteiger partial charge in [0.2, 0.25) is 0 Å². The Morgan fingerprint density at radius 3 is 2.27 bits per heavy atom. The van der Waals surface area contributed by atoms with Crippen molar-refractivity contribution < 1.29 is 0 Å². The molecule has 2 rings (SSSR count). The molecule has 0 bridgehead atoms. The zero-order chi connectivity index (χ0) is 16.1. The van der Waals surface area contributed by atoms with Gasteiger partial charge in [0.15, 0.2) is 0 Å². The largest absolute Gasteiger partial charge is 0.0835 e. The van der Waals surface area contributed by atoms with Crippen molar-refractivity contribution in [3.8, 4) is 0 Å². The van der Waals surface area contributed by atoms with Crippen LogP contribution in [0.5, 0.6) is 0 Å². The van der Waals surface area contributed by atoms with Crippen molar-refractivity contribution in [1.29, 1.82) is 0 Å². The maximum atomic E-state index is 2.35. The first-order valence-electron chi connectivity index (χ1n) is 7.98. The molecular formula is C22H26. The van der Waals surface area contributed by atoms with Crippen LogP contribution >= 0.6 is 0 Å². The minimum atomic E-state index is 0.973. The van der Waals surface area contributed by atoms with Gasteiger partial charge in [-0.1, -0.05) is 60.2 Å². The molecular weight excluding hydrogens is 264 g/mol. The van der Waals surface area contributed by atoms with Crippen LogP contribution in [0.15, 0.2) is 54.6 Å². The van der Waals surface area contributed by atoms with E-state index in [1.165, 1.54) is 39.0 Å². The quantitative estimate of drug-likeness (QED) is 0.602. The van der Waals surface area contributed by atoms with Crippen molar-refractivity contribution in [3.05, 3.63) is 82.4 Å². The van der Waals surface area contributed by atoms with Gasteiger partial charge in [0, 0.05) is 0 Å². The van der Waals surface area contributed by atoms with Gasteiger partial charge in [0.05, 0.1) is 0 Å². The number of hydrogen-bond donors (Lipinski definition) is 0. The van der Waals surface area contributed by atoms with Gasteiger partial charge in [-0.2, -0.15) is 0 Å². The Hall–Kier alpha value is -2.08. The minimum absolute atomic E-state index is 0.973. The number of allylic oxidation sites excluding steroid dienone is 4. The second kappa shape index (κ2) is 7.26. The van der Waals surface area contributed by atoms with Crippen LogP contribution in [0.4, 0.5) is 0 Å². The zero-order valence-electron chi connectivity index (χ0n) is 14.4. The van der Waals surface area contributed by atoms with Gasteiger partial charge in [-0.05, 0) is 74.4 Å². The summed E-state index contributed by atoms with van der Waals surface area (Å²) < 4.78 is 0. The van der Waals surface area contributed by atoms with Crippen LogP contribution in [0.25, 0.3) is 11.1 Å². The van der Waals surface area contributed by atoms with E-state index >= 15 is 0 Å². The molecule has 2 aromatic rings. The van der Waals surface area contributed by atoms with Crippen molar-refractivity contribution >= 4 is 11.1 Å². The maximum absolute atomic E-state index is 2.35. The molecule has 0 nitrogen and oxygen atoms in total. The third-order valence-electron chi connectivity index (χ3n) is 4.29. The van der Waals surface area contributed by atoms with E-state index in [-0.39, 0.29) is 0 Å². The summed E-state index contributed by atoms with van der Waals surface area (Å²) in [5.74, 6) is 0. The summed E-state index contributed by atoms with van der Waals surface area (Å²) in [6, 6.07) is 15.3. The molecule has 0 unspecified atom stereocenters. The highest BCUT2D eigenvalue weighted by Gasteiger charge is 2.05. The lowest BCUT2D eigenvalue weighted by Crippen LogP contribution is -1.91. The SMILES string of the molecule is C/C=C(/C/C=C(/C)c1ccccc1C)c1cc(C)ccc1C. The summed E-state index contributed by atoms with van der Waals surface area (Å²) in [5, 5.41) is 0. The van der Waals surface area contributed by atoms with Gasteiger partial charge in [-0.3, -0.25) is 0 Å². The third kappa shape index (κ3) is 3.76. The fraction of sp³-hybridized carbons (Fsp3) is 0.273. The molecule has 0 aliphatic carbocycles. The van der Waals surface area contributed by atoms with E-state index in [0.717, 1.165) is 6.42 Å². The van der Waals surface area contributed by atoms with E-state index < -0.39 is 0 Å². The molecule has 0 heterocycles. The Balaban J connectivity index is 2.27. The van der Waals surface area contributed by atoms with Gasteiger partial charge < -0.3 is 0 Å². The molecule has 0 aliphatic rings. The molecule has 2 aromatic carbocycles. The normalized spacial score (nSPS) is 12.6. The average Bonchev–Trinajstić information content (AvgIpc) is 2.51. The summed E-state index contributed by atoms with van der Waals surface area (Å²) in [6.07, 6.45) is 5.56. The van der Waals surface area contributed by atoms with Crippen molar-refractivity contribution in [1.82, 2.24) is 0 Å². The van der Waals surface area contributed by atoms with Crippen LogP contribution in [-0.2, 0) is 0 Å². The van der Waals surface area contributed by atoms with Gasteiger partial charge in [0.1, 0.15) is 0 Å². The smallest absolute Gasteiger partial charge is 0.00887 e. The molecule has 0 heteroatoms. The van der Waals surface area contributed by atoms with Crippen LogP contribution < -0.4 is 0 Å². The molecule has 22 heavy (non-hydrogen) atoms. The monoisotopic (exact) mass is 290 g/mol. The molecule has 0 spiro atoms. The molecule has 0 saturated heterocycles. The third-order valence-corrected chi connectivity index (χ3v) is 4.29. The Morgan fingerprint density at radius 1 is 0.909 bits per heavy atom. The molecule has 0 atom stereocenters. The lowest BCUT2D eigenvalue weighted by molar-refractivity contribution is 1.29. The van der Waals surface area contributed by atoms with Gasteiger partial charge >= 0.3 is 0 Å². The van der Waals surface area contributed by atoms with E-state index in [2.05, 4.69) is 89.2 Å². The zero-order valence-corrected chi connectivity index (χ0v) is 14.4. The summed E-state index contributed by atoms with van der Waals surface area (Å²) in [5.41, 5.74) is 9.47. The standard InChI is InChI=1S/C22H26/c1-6-20(22-15-16(2)11-12-19(22)5)14-13-18(4)21-10-8-7-9-17(21)3/h6-13,15H,14H2,1-5H3/b18-13-,20-6-. The van der Waals surface area contributed by atoms with Crippen molar-refractivity contribution in [2.45, 2.75) is 41.0 Å². The van der Waals surface area contributed by atoms with Crippen molar-refractivity contribution in [3.63, 3.8) is 0 Å². The molecule has 0 fully saturated rings. The highest BCUT2D eigenvalue weighted by Crippen LogP contribution is 2.26. The first-order chi connectivity index (χ1) is 10.5. The Morgan fingerprint density at radius 2 is 1.59 bits per heavy atom. The number of benzene rings is 2. The first kappa shape index (κ1) is 16.3. The average molecular weight is 290 g/mol. The fourth-order valence-electron chi connectivity index (χ4n) is 2.85. The van der Waals surface area contributed by atoms with E-state index in [1.54, 1.807) is 0 Å². The van der Waals surface area contributed by atoms with Crippen LogP contribution in [0.2, 0.25) is 0 Å². The molecule has 0 radical (unpaired) electrons. The number of rotatable bonds is 4. The van der Waals surface area contributed by atoms with E-state index in [1.807, 2.05) is 0 Å². The van der Waals surface area contributed by atoms with Crippen LogP contribution in [0.1, 0.15) is 48.1 Å². The Bertz CT molecular complexity index is 715. The second-order valence-corrected chi connectivity index (χ2v) is 6.04. The Kier molecular flexibility index (Phi) is 5.38. The fourth-order valence-corrected chi connectivity index (χ4v) is 2.85. The van der Waals surface area contributed by atoms with E-state index in [4.69, 9.17) is 0 Å². The second-order valence-electron chi connectivity index (χ2n) is 6.04. The molecule has 114 valence electrons. The lowest BCUT2D eigenvalue weighted by Gasteiger charge is -2.11. The first-order valence-corrected chi connectivity index (χ1v) is 7.98. The van der Waals surface area contributed by atoms with Gasteiger partial charge in [-0.25, -0.2) is 0 Å². The minimum Gasteiger partial charge on any atom is -0.0835 e. The molecule has 0 aromatic heterocycles. The summed E-state index contributed by atoms with van der Waals surface area (Å²) in [7, 11) is 0. The molecule has 0 amide bonds. The van der Waals surface area contributed by atoms with Crippen molar-refractivity contribution in [2.24, 2.45) is 0 Å².